The minimum Gasteiger partial charge on any atom is -0.508 e. The number of amides is 2. The Morgan fingerprint density at radius 1 is 1.29 bits per heavy atom. The topological polar surface area (TPSA) is 105 Å². The minimum atomic E-state index is -0.716. The zero-order chi connectivity index (χ0) is 20.5. The number of benzene rings is 1. The molecule has 3 rings (SSSR count). The lowest BCUT2D eigenvalue weighted by molar-refractivity contribution is -0.158. The van der Waals surface area contributed by atoms with E-state index < -0.39 is 23.5 Å². The van der Waals surface area contributed by atoms with Crippen LogP contribution >= 0.6 is 11.8 Å². The highest BCUT2D eigenvalue weighted by Crippen LogP contribution is 2.38. The molecule has 8 nitrogen and oxygen atoms in total. The largest absolute Gasteiger partial charge is 0.508 e. The van der Waals surface area contributed by atoms with E-state index in [0.717, 1.165) is 0 Å². The molecule has 2 heterocycles. The Morgan fingerprint density at radius 3 is 2.61 bits per heavy atom. The molecule has 1 unspecified atom stereocenters. The normalized spacial score (nSPS) is 21.2. The lowest BCUT2D eigenvalue weighted by atomic mass is 10.0. The molecular weight excluding hydrogens is 384 g/mol. The van der Waals surface area contributed by atoms with E-state index in [4.69, 9.17) is 9.47 Å². The van der Waals surface area contributed by atoms with Gasteiger partial charge in [-0.1, -0.05) is 0 Å². The predicted octanol–water partition coefficient (Wildman–Crippen LogP) is 1.40. The molecule has 2 aliphatic heterocycles. The summed E-state index contributed by atoms with van der Waals surface area (Å²) in [7, 11) is 0. The highest BCUT2D eigenvalue weighted by atomic mass is 32.2. The van der Waals surface area contributed by atoms with Crippen LogP contribution in [0.1, 0.15) is 20.8 Å². The van der Waals surface area contributed by atoms with Gasteiger partial charge in [-0.15, -0.1) is 11.8 Å². The maximum atomic E-state index is 12.5. The van der Waals surface area contributed by atoms with E-state index in [2.05, 4.69) is 5.32 Å². The summed E-state index contributed by atoms with van der Waals surface area (Å²) in [6.45, 7) is 5.02. The van der Waals surface area contributed by atoms with Crippen molar-refractivity contribution in [3.63, 3.8) is 0 Å². The Bertz CT molecular complexity index is 815. The number of phenols is 1. The monoisotopic (exact) mass is 406 g/mol. The van der Waals surface area contributed by atoms with E-state index in [9.17, 15) is 19.5 Å². The standard InChI is InChI=1S/C19H22N2O6S/c1-19(2,3)27-18(25)13-8-9-28-17-15(16(24)21(13)17)20-14(23)10-26-12-6-4-11(22)5-7-12/h4-8,15,17,22H,9-10H2,1-3H3,(H,20,23)/t15?,17-/m0/s1. The number of ether oxygens (including phenoxy) is 2. The Labute approximate surface area is 166 Å². The maximum absolute atomic E-state index is 12.5. The van der Waals surface area contributed by atoms with Crippen LogP contribution in [0.25, 0.3) is 0 Å². The first-order chi connectivity index (χ1) is 13.2. The third-order valence-electron chi connectivity index (χ3n) is 3.98. The smallest absolute Gasteiger partial charge is 0.355 e. The van der Waals surface area contributed by atoms with Gasteiger partial charge in [0.2, 0.25) is 0 Å². The quantitative estimate of drug-likeness (QED) is 0.562. The number of rotatable bonds is 5. The van der Waals surface area contributed by atoms with Gasteiger partial charge < -0.3 is 19.9 Å². The molecule has 1 aromatic carbocycles. The van der Waals surface area contributed by atoms with E-state index >= 15 is 0 Å². The Kier molecular flexibility index (Phi) is 5.55. The van der Waals surface area contributed by atoms with Gasteiger partial charge in [-0.2, -0.15) is 0 Å². The molecule has 1 saturated heterocycles. The first-order valence-corrected chi connectivity index (χ1v) is 9.80. The molecule has 2 aliphatic rings. The van der Waals surface area contributed by atoms with E-state index in [0.29, 0.717) is 11.5 Å². The lowest BCUT2D eigenvalue weighted by Crippen LogP contribution is -2.70. The number of thioether (sulfide) groups is 1. The fourth-order valence-electron chi connectivity index (χ4n) is 2.77. The van der Waals surface area contributed by atoms with Crippen LogP contribution < -0.4 is 10.1 Å². The molecule has 0 aliphatic carbocycles. The Balaban J connectivity index is 1.55. The fourth-order valence-corrected chi connectivity index (χ4v) is 3.96. The van der Waals surface area contributed by atoms with E-state index in [-0.39, 0.29) is 29.3 Å². The Morgan fingerprint density at radius 2 is 1.96 bits per heavy atom. The summed E-state index contributed by atoms with van der Waals surface area (Å²) in [5.41, 5.74) is -0.444. The molecule has 0 bridgehead atoms. The number of aromatic hydroxyl groups is 1. The third kappa shape index (κ3) is 4.41. The number of carbonyl (C=O) groups excluding carboxylic acids is 3. The number of hydrogen-bond donors (Lipinski definition) is 2. The lowest BCUT2D eigenvalue weighted by Gasteiger charge is -2.48. The first-order valence-electron chi connectivity index (χ1n) is 8.75. The van der Waals surface area contributed by atoms with Crippen molar-refractivity contribution in [3.05, 3.63) is 36.0 Å². The molecule has 0 saturated carbocycles. The first kappa shape index (κ1) is 20.1. The summed E-state index contributed by atoms with van der Waals surface area (Å²) in [6.07, 6.45) is 1.67. The van der Waals surface area contributed by atoms with Gasteiger partial charge in [-0.05, 0) is 51.1 Å². The molecule has 0 aromatic heterocycles. The molecular formula is C19H22N2O6S. The number of carbonyl (C=O) groups is 3. The van der Waals surface area contributed by atoms with Crippen molar-refractivity contribution < 1.29 is 29.0 Å². The summed E-state index contributed by atoms with van der Waals surface area (Å²) >= 11 is 1.46. The van der Waals surface area contributed by atoms with Gasteiger partial charge in [0.15, 0.2) is 6.61 Å². The van der Waals surface area contributed by atoms with Crippen molar-refractivity contribution >= 4 is 29.5 Å². The molecule has 2 atom stereocenters. The van der Waals surface area contributed by atoms with Crippen molar-refractivity contribution in [2.75, 3.05) is 12.4 Å². The van der Waals surface area contributed by atoms with Crippen LogP contribution in [0.5, 0.6) is 11.5 Å². The molecule has 2 amide bonds. The second kappa shape index (κ2) is 7.75. The zero-order valence-corrected chi connectivity index (χ0v) is 16.6. The van der Waals surface area contributed by atoms with E-state index in [1.54, 1.807) is 26.8 Å². The zero-order valence-electron chi connectivity index (χ0n) is 15.8. The number of fused-ring (bicyclic) bond motifs is 1. The molecule has 0 radical (unpaired) electrons. The van der Waals surface area contributed by atoms with Gasteiger partial charge >= 0.3 is 5.97 Å². The summed E-state index contributed by atoms with van der Waals surface area (Å²) in [5.74, 6) is -0.282. The van der Waals surface area contributed by atoms with Crippen LogP contribution in [0.15, 0.2) is 36.0 Å². The van der Waals surface area contributed by atoms with Crippen molar-refractivity contribution in [2.24, 2.45) is 0 Å². The van der Waals surface area contributed by atoms with Crippen molar-refractivity contribution in [3.8, 4) is 11.5 Å². The highest BCUT2D eigenvalue weighted by molar-refractivity contribution is 8.00. The van der Waals surface area contributed by atoms with Gasteiger partial charge in [0.25, 0.3) is 11.8 Å². The summed E-state index contributed by atoms with van der Waals surface area (Å²) in [5, 5.41) is 11.5. The fraction of sp³-hybridized carbons (Fsp3) is 0.421. The summed E-state index contributed by atoms with van der Waals surface area (Å²) < 4.78 is 10.7. The summed E-state index contributed by atoms with van der Waals surface area (Å²) in [6, 6.07) is 5.25. The SMILES string of the molecule is CC(C)(C)OC(=O)C1=CCS[C@H]2C(NC(=O)COc3ccc(O)cc3)C(=O)N12. The average molecular weight is 406 g/mol. The molecule has 1 aromatic rings. The number of esters is 1. The van der Waals surface area contributed by atoms with Crippen LogP contribution in [-0.2, 0) is 19.1 Å². The van der Waals surface area contributed by atoms with Crippen LogP contribution in [0.2, 0.25) is 0 Å². The minimum absolute atomic E-state index is 0.0973. The summed E-state index contributed by atoms with van der Waals surface area (Å²) in [4.78, 5) is 38.4. The van der Waals surface area contributed by atoms with Crippen LogP contribution in [0, 0.1) is 0 Å². The van der Waals surface area contributed by atoms with Crippen molar-refractivity contribution in [1.82, 2.24) is 10.2 Å². The second-order valence-corrected chi connectivity index (χ2v) is 8.50. The van der Waals surface area contributed by atoms with Gasteiger partial charge in [0.05, 0.1) is 0 Å². The molecule has 150 valence electrons. The van der Waals surface area contributed by atoms with Crippen molar-refractivity contribution in [2.45, 2.75) is 37.8 Å². The van der Waals surface area contributed by atoms with Crippen molar-refractivity contribution in [1.29, 1.82) is 0 Å². The predicted molar refractivity (Wildman–Crippen MR) is 103 cm³/mol. The van der Waals surface area contributed by atoms with Crippen LogP contribution in [0.4, 0.5) is 0 Å². The van der Waals surface area contributed by atoms with Crippen LogP contribution in [0.3, 0.4) is 0 Å². The van der Waals surface area contributed by atoms with Gasteiger partial charge in [-0.3, -0.25) is 14.5 Å². The molecule has 28 heavy (non-hydrogen) atoms. The number of phenolic OH excluding ortho intramolecular Hbond substituents is 1. The van der Waals surface area contributed by atoms with Gasteiger partial charge in [-0.25, -0.2) is 4.79 Å². The average Bonchev–Trinajstić information content (AvgIpc) is 2.63. The number of β-lactam (4-membered cyclic amide) rings is 1. The number of nitrogens with one attached hydrogen (secondary N) is 1. The van der Waals surface area contributed by atoms with Crippen LogP contribution in [-0.4, -0.2) is 57.2 Å². The molecule has 9 heteroatoms. The van der Waals surface area contributed by atoms with E-state index in [1.165, 1.54) is 40.9 Å². The van der Waals surface area contributed by atoms with E-state index in [1.807, 2.05) is 0 Å². The maximum Gasteiger partial charge on any atom is 0.355 e. The number of hydrogen-bond acceptors (Lipinski definition) is 7. The molecule has 0 spiro atoms. The Hall–Kier alpha value is -2.68. The van der Waals surface area contributed by atoms with Gasteiger partial charge in [0, 0.05) is 5.75 Å². The second-order valence-electron chi connectivity index (χ2n) is 7.35. The third-order valence-corrected chi connectivity index (χ3v) is 5.16. The van der Waals surface area contributed by atoms with Gasteiger partial charge in [0.1, 0.15) is 34.2 Å². The molecule has 2 N–H and O–H groups in total. The highest BCUT2D eigenvalue weighted by Gasteiger charge is 2.53. The number of nitrogens with zero attached hydrogens (tertiary/aromatic N) is 1. The molecule has 1 fully saturated rings.